The number of nitrogens with zero attached hydrogens (tertiary/aromatic N) is 1. The van der Waals surface area contributed by atoms with Crippen molar-refractivity contribution in [2.24, 2.45) is 5.92 Å². The molecular weight excluding hydrogens is 404 g/mol. The Kier molecular flexibility index (Phi) is 6.99. The minimum absolute atomic E-state index is 0.114. The van der Waals surface area contributed by atoms with E-state index in [1.807, 2.05) is 32.0 Å². The zero-order valence-electron chi connectivity index (χ0n) is 17.6. The average molecular weight is 433 g/mol. The molecule has 1 aliphatic heterocycles. The van der Waals surface area contributed by atoms with Gasteiger partial charge in [0.25, 0.3) is 0 Å². The number of piperidine rings is 1. The molecular formula is C22H28N2O5S. The first kappa shape index (κ1) is 22.1. The highest BCUT2D eigenvalue weighted by Gasteiger charge is 2.32. The maximum Gasteiger partial charge on any atom is 0.243 e. The third-order valence-electron chi connectivity index (χ3n) is 5.21. The zero-order valence-corrected chi connectivity index (χ0v) is 18.4. The van der Waals surface area contributed by atoms with Crippen LogP contribution in [0.3, 0.4) is 0 Å². The predicted octanol–water partition coefficient (Wildman–Crippen LogP) is 3.44. The summed E-state index contributed by atoms with van der Waals surface area (Å²) in [4.78, 5) is 13.0. The lowest BCUT2D eigenvalue weighted by atomic mass is 9.97. The van der Waals surface area contributed by atoms with Gasteiger partial charge < -0.3 is 14.8 Å². The van der Waals surface area contributed by atoms with Crippen molar-refractivity contribution in [2.75, 3.05) is 32.1 Å². The van der Waals surface area contributed by atoms with Crippen LogP contribution in [0, 0.1) is 12.8 Å². The Bertz CT molecular complexity index is 981. The fraction of sp³-hybridized carbons (Fsp3) is 0.409. The number of anilines is 1. The van der Waals surface area contributed by atoms with E-state index in [1.165, 1.54) is 4.31 Å². The Morgan fingerprint density at radius 2 is 1.80 bits per heavy atom. The van der Waals surface area contributed by atoms with E-state index in [0.717, 1.165) is 5.56 Å². The fourth-order valence-corrected chi connectivity index (χ4v) is 5.01. The number of methoxy groups -OCH3 is 1. The summed E-state index contributed by atoms with van der Waals surface area (Å²) in [5, 5.41) is 2.93. The molecule has 0 unspecified atom stereocenters. The molecule has 1 N–H and O–H groups in total. The number of benzene rings is 2. The smallest absolute Gasteiger partial charge is 0.243 e. The summed E-state index contributed by atoms with van der Waals surface area (Å²) in [6, 6.07) is 12.0. The molecule has 3 rings (SSSR count). The van der Waals surface area contributed by atoms with E-state index in [4.69, 9.17) is 9.47 Å². The molecule has 1 amide bonds. The summed E-state index contributed by atoms with van der Waals surface area (Å²) in [5.41, 5.74) is 1.65. The molecule has 2 aromatic rings. The van der Waals surface area contributed by atoms with Crippen molar-refractivity contribution in [3.8, 4) is 11.5 Å². The van der Waals surface area contributed by atoms with Crippen molar-refractivity contribution in [1.82, 2.24) is 4.31 Å². The number of ether oxygens (including phenoxy) is 2. The summed E-state index contributed by atoms with van der Waals surface area (Å²) in [7, 11) is -2.03. The first-order valence-corrected chi connectivity index (χ1v) is 11.5. The van der Waals surface area contributed by atoms with Crippen LogP contribution >= 0.6 is 0 Å². The summed E-state index contributed by atoms with van der Waals surface area (Å²) < 4.78 is 38.0. The maximum atomic E-state index is 12.9. The molecule has 0 spiro atoms. The van der Waals surface area contributed by atoms with Gasteiger partial charge in [0, 0.05) is 19.0 Å². The largest absolute Gasteiger partial charge is 0.495 e. The standard InChI is InChI=1S/C22H28N2O5S/c1-4-29-18-6-8-19(9-7-18)30(26,27)24-13-11-17(12-14-24)22(25)23-20-15-16(2)5-10-21(20)28-3/h5-10,15,17H,4,11-14H2,1-3H3,(H,23,25). The molecule has 1 saturated heterocycles. The first-order chi connectivity index (χ1) is 14.3. The number of nitrogens with one attached hydrogen (secondary N) is 1. The highest BCUT2D eigenvalue weighted by molar-refractivity contribution is 7.89. The quantitative estimate of drug-likeness (QED) is 0.724. The molecule has 8 heteroatoms. The Labute approximate surface area is 178 Å². The minimum atomic E-state index is -3.59. The Morgan fingerprint density at radius 1 is 1.13 bits per heavy atom. The van der Waals surface area contributed by atoms with Gasteiger partial charge in [-0.3, -0.25) is 4.79 Å². The van der Waals surface area contributed by atoms with Crippen molar-refractivity contribution >= 4 is 21.6 Å². The number of carbonyl (C=O) groups excluding carboxylic acids is 1. The number of aryl methyl sites for hydroxylation is 1. The van der Waals surface area contributed by atoms with E-state index in [0.29, 0.717) is 49.7 Å². The molecule has 162 valence electrons. The minimum Gasteiger partial charge on any atom is -0.495 e. The first-order valence-electron chi connectivity index (χ1n) is 10.0. The summed E-state index contributed by atoms with van der Waals surface area (Å²) in [6.45, 7) is 4.95. The van der Waals surface area contributed by atoms with Crippen LogP contribution in [0.5, 0.6) is 11.5 Å². The average Bonchev–Trinajstić information content (AvgIpc) is 2.74. The van der Waals surface area contributed by atoms with Gasteiger partial charge in [-0.1, -0.05) is 6.07 Å². The van der Waals surface area contributed by atoms with Crippen LogP contribution in [0.1, 0.15) is 25.3 Å². The van der Waals surface area contributed by atoms with Gasteiger partial charge in [-0.15, -0.1) is 0 Å². The van der Waals surface area contributed by atoms with Crippen LogP contribution in [0.15, 0.2) is 47.4 Å². The third-order valence-corrected chi connectivity index (χ3v) is 7.12. The molecule has 0 radical (unpaired) electrons. The van der Waals surface area contributed by atoms with Crippen molar-refractivity contribution < 1.29 is 22.7 Å². The third kappa shape index (κ3) is 4.94. The molecule has 0 saturated carbocycles. The van der Waals surface area contributed by atoms with Crippen LogP contribution in [-0.2, 0) is 14.8 Å². The molecule has 0 bridgehead atoms. The molecule has 0 aromatic heterocycles. The number of carbonyl (C=O) groups is 1. The van der Waals surface area contributed by atoms with Crippen LogP contribution in [-0.4, -0.2) is 45.4 Å². The molecule has 1 fully saturated rings. The number of amides is 1. The summed E-state index contributed by atoms with van der Waals surface area (Å²) in [6.07, 6.45) is 0.937. The van der Waals surface area contributed by atoms with Crippen LogP contribution in [0.4, 0.5) is 5.69 Å². The van der Waals surface area contributed by atoms with Gasteiger partial charge >= 0.3 is 0 Å². The topological polar surface area (TPSA) is 84.9 Å². The zero-order chi connectivity index (χ0) is 21.7. The van der Waals surface area contributed by atoms with E-state index in [1.54, 1.807) is 31.4 Å². The molecule has 0 atom stereocenters. The Hall–Kier alpha value is -2.58. The van der Waals surface area contributed by atoms with E-state index >= 15 is 0 Å². The van der Waals surface area contributed by atoms with Crippen LogP contribution in [0.25, 0.3) is 0 Å². The van der Waals surface area contributed by atoms with E-state index in [9.17, 15) is 13.2 Å². The van der Waals surface area contributed by atoms with Crippen molar-refractivity contribution in [1.29, 1.82) is 0 Å². The highest BCUT2D eigenvalue weighted by atomic mass is 32.2. The van der Waals surface area contributed by atoms with Gasteiger partial charge in [-0.25, -0.2) is 8.42 Å². The lowest BCUT2D eigenvalue weighted by Gasteiger charge is -2.30. The second-order valence-corrected chi connectivity index (χ2v) is 9.21. The lowest BCUT2D eigenvalue weighted by molar-refractivity contribution is -0.120. The maximum absolute atomic E-state index is 12.9. The van der Waals surface area contributed by atoms with Gasteiger partial charge in [-0.05, 0) is 68.7 Å². The van der Waals surface area contributed by atoms with E-state index < -0.39 is 10.0 Å². The van der Waals surface area contributed by atoms with Crippen LogP contribution in [0.2, 0.25) is 0 Å². The molecule has 2 aromatic carbocycles. The molecule has 7 nitrogen and oxygen atoms in total. The number of hydrogen-bond acceptors (Lipinski definition) is 5. The van der Waals surface area contributed by atoms with Gasteiger partial charge in [0.15, 0.2) is 0 Å². The van der Waals surface area contributed by atoms with Crippen molar-refractivity contribution in [3.05, 3.63) is 48.0 Å². The van der Waals surface area contributed by atoms with Crippen LogP contribution < -0.4 is 14.8 Å². The van der Waals surface area contributed by atoms with Crippen molar-refractivity contribution in [2.45, 2.75) is 31.6 Å². The monoisotopic (exact) mass is 432 g/mol. The normalized spacial score (nSPS) is 15.6. The molecule has 0 aliphatic carbocycles. The fourth-order valence-electron chi connectivity index (χ4n) is 3.54. The van der Waals surface area contributed by atoms with E-state index in [-0.39, 0.29) is 16.7 Å². The van der Waals surface area contributed by atoms with Gasteiger partial charge in [-0.2, -0.15) is 4.31 Å². The molecule has 30 heavy (non-hydrogen) atoms. The molecule has 1 aliphatic rings. The predicted molar refractivity (Wildman–Crippen MR) is 115 cm³/mol. The van der Waals surface area contributed by atoms with Gasteiger partial charge in [0.1, 0.15) is 11.5 Å². The number of hydrogen-bond donors (Lipinski definition) is 1. The van der Waals surface area contributed by atoms with Gasteiger partial charge in [0.2, 0.25) is 15.9 Å². The second kappa shape index (κ2) is 9.49. The molecule has 1 heterocycles. The SMILES string of the molecule is CCOc1ccc(S(=O)(=O)N2CCC(C(=O)Nc3cc(C)ccc3OC)CC2)cc1. The Morgan fingerprint density at radius 3 is 2.40 bits per heavy atom. The Balaban J connectivity index is 1.62. The lowest BCUT2D eigenvalue weighted by Crippen LogP contribution is -2.41. The van der Waals surface area contributed by atoms with Crippen molar-refractivity contribution in [3.63, 3.8) is 0 Å². The highest BCUT2D eigenvalue weighted by Crippen LogP contribution is 2.29. The summed E-state index contributed by atoms with van der Waals surface area (Å²) in [5.74, 6) is 0.877. The summed E-state index contributed by atoms with van der Waals surface area (Å²) >= 11 is 0. The van der Waals surface area contributed by atoms with E-state index in [2.05, 4.69) is 5.32 Å². The second-order valence-electron chi connectivity index (χ2n) is 7.28. The number of rotatable bonds is 7. The number of sulfonamides is 1. The van der Waals surface area contributed by atoms with Gasteiger partial charge in [0.05, 0.1) is 24.3 Å².